The Bertz CT molecular complexity index is 937. The van der Waals surface area contributed by atoms with Gasteiger partial charge in [-0.05, 0) is 0 Å². The van der Waals surface area contributed by atoms with Crippen LogP contribution in [0.15, 0.2) is 12.7 Å². The van der Waals surface area contributed by atoms with Crippen molar-refractivity contribution >= 4 is 39.8 Å². The average Bonchev–Trinajstić information content (AvgIpc) is 3.07. The first kappa shape index (κ1) is 20.3. The van der Waals surface area contributed by atoms with Gasteiger partial charge in [-0.2, -0.15) is 0 Å². The highest BCUT2D eigenvalue weighted by Crippen LogP contribution is 2.57. The maximum atomic E-state index is 11.7. The van der Waals surface area contributed by atoms with E-state index >= 15 is 0 Å². The van der Waals surface area contributed by atoms with Crippen molar-refractivity contribution in [2.75, 3.05) is 12.3 Å². The Morgan fingerprint density at radius 1 is 1.26 bits per heavy atom. The Hall–Kier alpha value is -1.41. The van der Waals surface area contributed by atoms with Crippen LogP contribution in [0.2, 0.25) is 0 Å². The lowest BCUT2D eigenvalue weighted by Gasteiger charge is -2.19. The van der Waals surface area contributed by atoms with Crippen molar-refractivity contribution in [1.82, 2.24) is 19.5 Å². The van der Waals surface area contributed by atoms with Crippen LogP contribution in [-0.2, 0) is 22.7 Å². The van der Waals surface area contributed by atoms with Crippen molar-refractivity contribution in [2.24, 2.45) is 0 Å². The van der Waals surface area contributed by atoms with Gasteiger partial charge in [0.2, 0.25) is 7.57 Å². The van der Waals surface area contributed by atoms with Gasteiger partial charge < -0.3 is 35.0 Å². The molecular weight excluding hydrogens is 407 g/mol. The fraction of sp³-hybridized carbons (Fsp3) is 0.500. The number of rotatable bonds is 6. The standard InChI is InChI=1S/C10H14BN5O9P2/c11-26(19,25-27(20,21)22)23-1-4-6(17)7(18)10(24-4)16-3-15-5-8(12)13-2-14-9(5)16/h2-4,6-7,10,17-18H,1H2,(H2,12,13,14)(H2,20,21,22)/t4-,6-,7-,10-,26+/m1/s1. The molecule has 0 amide bonds. The molecule has 27 heavy (non-hydrogen) atoms. The van der Waals surface area contributed by atoms with Crippen LogP contribution in [0.1, 0.15) is 6.23 Å². The summed E-state index contributed by atoms with van der Waals surface area (Å²) in [5.41, 5.74) is 6.17. The molecule has 1 saturated heterocycles. The Morgan fingerprint density at radius 2 is 1.96 bits per heavy atom. The molecule has 2 radical (unpaired) electrons. The SMILES string of the molecule is [B][P@](=O)(OC[C@H]1O[C@@H](n2cnc3c(N)ncnc32)[C@H](O)[C@@H]1O)OP(=O)(O)O. The molecule has 2 aromatic rings. The number of aromatic nitrogens is 4. The summed E-state index contributed by atoms with van der Waals surface area (Å²) in [7, 11) is -4.74. The minimum Gasteiger partial charge on any atom is -0.387 e. The third kappa shape index (κ3) is 4.37. The van der Waals surface area contributed by atoms with E-state index in [0.29, 0.717) is 0 Å². The Balaban J connectivity index is 1.75. The summed E-state index contributed by atoms with van der Waals surface area (Å²) < 4.78 is 37.7. The van der Waals surface area contributed by atoms with Gasteiger partial charge in [-0.25, -0.2) is 23.8 Å². The van der Waals surface area contributed by atoms with Gasteiger partial charge in [-0.15, -0.1) is 0 Å². The van der Waals surface area contributed by atoms with Crippen LogP contribution in [-0.4, -0.2) is 72.0 Å². The van der Waals surface area contributed by atoms with Crippen LogP contribution >= 0.6 is 15.3 Å². The number of fused-ring (bicyclic) bond motifs is 1. The molecule has 0 saturated carbocycles. The van der Waals surface area contributed by atoms with Gasteiger partial charge in [0.05, 0.1) is 12.9 Å². The molecule has 5 atom stereocenters. The summed E-state index contributed by atoms with van der Waals surface area (Å²) in [6.45, 7) is -0.688. The zero-order valence-corrected chi connectivity index (χ0v) is 15.1. The normalized spacial score (nSPS) is 28.4. The van der Waals surface area contributed by atoms with Crippen molar-refractivity contribution in [1.29, 1.82) is 0 Å². The van der Waals surface area contributed by atoms with E-state index in [1.165, 1.54) is 17.2 Å². The maximum Gasteiger partial charge on any atom is 0.476 e. The number of nitrogen functional groups attached to an aromatic ring is 1. The minimum absolute atomic E-state index is 0.102. The molecule has 3 rings (SSSR count). The quantitative estimate of drug-likeness (QED) is 0.264. The van der Waals surface area contributed by atoms with Crippen LogP contribution < -0.4 is 5.73 Å². The van der Waals surface area contributed by atoms with Crippen molar-refractivity contribution in [3.63, 3.8) is 0 Å². The Labute approximate surface area is 152 Å². The van der Waals surface area contributed by atoms with E-state index in [-0.39, 0.29) is 17.0 Å². The highest BCUT2D eigenvalue weighted by atomic mass is 31.3. The van der Waals surface area contributed by atoms with E-state index in [1.54, 1.807) is 0 Å². The number of phosphoric acid groups is 1. The predicted octanol–water partition coefficient (Wildman–Crippen LogP) is -1.57. The van der Waals surface area contributed by atoms with E-state index < -0.39 is 46.4 Å². The molecule has 1 aliphatic rings. The summed E-state index contributed by atoms with van der Waals surface area (Å²) in [5, 5.41) is 20.3. The number of imidazole rings is 1. The fourth-order valence-electron chi connectivity index (χ4n) is 2.50. The van der Waals surface area contributed by atoms with Gasteiger partial charge in [0.15, 0.2) is 17.7 Å². The summed E-state index contributed by atoms with van der Waals surface area (Å²) in [4.78, 5) is 29.0. The predicted molar refractivity (Wildman–Crippen MR) is 88.1 cm³/mol. The average molecular weight is 421 g/mol. The summed E-state index contributed by atoms with van der Waals surface area (Å²) >= 11 is 0. The van der Waals surface area contributed by atoms with E-state index in [0.717, 1.165) is 0 Å². The summed E-state index contributed by atoms with van der Waals surface area (Å²) in [5.74, 6) is 0.102. The van der Waals surface area contributed by atoms with Crippen molar-refractivity contribution in [2.45, 2.75) is 24.5 Å². The molecule has 0 aromatic carbocycles. The minimum atomic E-state index is -5.16. The number of anilines is 1. The van der Waals surface area contributed by atoms with Crippen LogP contribution in [0.4, 0.5) is 5.82 Å². The summed E-state index contributed by atoms with van der Waals surface area (Å²) in [6.07, 6.45) is -2.94. The lowest BCUT2D eigenvalue weighted by atomic mass is 10.1. The largest absolute Gasteiger partial charge is 0.476 e. The van der Waals surface area contributed by atoms with E-state index in [4.69, 9.17) is 27.8 Å². The van der Waals surface area contributed by atoms with Crippen molar-refractivity contribution < 1.29 is 42.7 Å². The molecule has 0 aliphatic carbocycles. The monoisotopic (exact) mass is 421 g/mol. The highest BCUT2D eigenvalue weighted by molar-refractivity contribution is 7.83. The first-order chi connectivity index (χ1) is 12.5. The van der Waals surface area contributed by atoms with Gasteiger partial charge in [-0.3, -0.25) is 9.13 Å². The third-order valence-corrected chi connectivity index (χ3v) is 5.91. The Kier molecular flexibility index (Phi) is 5.43. The smallest absolute Gasteiger partial charge is 0.387 e. The van der Waals surface area contributed by atoms with Gasteiger partial charge in [0.25, 0.3) is 7.47 Å². The highest BCUT2D eigenvalue weighted by Gasteiger charge is 2.45. The van der Waals surface area contributed by atoms with Gasteiger partial charge >= 0.3 is 7.82 Å². The Morgan fingerprint density at radius 3 is 2.63 bits per heavy atom. The maximum absolute atomic E-state index is 11.7. The zero-order chi connectivity index (χ0) is 20.0. The number of ether oxygens (including phenoxy) is 1. The molecule has 3 heterocycles. The molecule has 1 aliphatic heterocycles. The number of hydrogen-bond acceptors (Lipinski definition) is 11. The van der Waals surface area contributed by atoms with E-state index in [1.807, 2.05) is 0 Å². The number of nitrogens with zero attached hydrogens (tertiary/aromatic N) is 4. The van der Waals surface area contributed by atoms with Gasteiger partial charge in [0, 0.05) is 0 Å². The molecule has 1 fully saturated rings. The second-order valence-electron chi connectivity index (χ2n) is 5.54. The fourth-order valence-corrected chi connectivity index (χ4v) is 4.23. The number of hydrogen-bond donors (Lipinski definition) is 5. The van der Waals surface area contributed by atoms with Crippen molar-refractivity contribution in [3.8, 4) is 0 Å². The van der Waals surface area contributed by atoms with Gasteiger partial charge in [-0.1, -0.05) is 0 Å². The molecule has 0 spiro atoms. The first-order valence-electron chi connectivity index (χ1n) is 7.23. The van der Waals surface area contributed by atoms with Gasteiger partial charge in [0.1, 0.15) is 30.2 Å². The number of aliphatic hydroxyl groups excluding tert-OH is 2. The lowest BCUT2D eigenvalue weighted by molar-refractivity contribution is -0.0479. The topological polar surface area (TPSA) is 212 Å². The molecule has 6 N–H and O–H groups in total. The van der Waals surface area contributed by atoms with Crippen molar-refractivity contribution in [3.05, 3.63) is 12.7 Å². The van der Waals surface area contributed by atoms with Crippen LogP contribution in [0.5, 0.6) is 0 Å². The van der Waals surface area contributed by atoms with Crippen LogP contribution in [0.25, 0.3) is 11.2 Å². The first-order valence-corrected chi connectivity index (χ1v) is 10.4. The third-order valence-electron chi connectivity index (χ3n) is 3.64. The van der Waals surface area contributed by atoms with Crippen LogP contribution in [0, 0.1) is 0 Å². The molecular formula is C10H14BN5O9P2. The van der Waals surface area contributed by atoms with Crippen LogP contribution in [0.3, 0.4) is 0 Å². The number of nitrogens with two attached hydrogens (primary N) is 1. The molecule has 146 valence electrons. The second kappa shape index (κ2) is 7.20. The molecule has 2 aromatic heterocycles. The molecule has 0 bridgehead atoms. The van der Waals surface area contributed by atoms with E-state index in [2.05, 4.69) is 23.8 Å². The lowest BCUT2D eigenvalue weighted by Crippen LogP contribution is -2.33. The zero-order valence-electron chi connectivity index (χ0n) is 13.3. The summed E-state index contributed by atoms with van der Waals surface area (Å²) in [6, 6.07) is 0. The second-order valence-corrected chi connectivity index (χ2v) is 8.51. The molecule has 14 nitrogen and oxygen atoms in total. The molecule has 17 heteroatoms. The van der Waals surface area contributed by atoms with E-state index in [9.17, 15) is 19.3 Å². The number of aliphatic hydroxyl groups is 2. The molecule has 0 unspecified atom stereocenters.